The molecule has 0 N–H and O–H groups in total. The molecule has 0 saturated carbocycles. The second-order valence-corrected chi connectivity index (χ2v) is 5.56. The number of ether oxygens (including phenoxy) is 1. The molecule has 0 radical (unpaired) electrons. The van der Waals surface area contributed by atoms with Crippen molar-refractivity contribution in [3.05, 3.63) is 90.1 Å². The van der Waals surface area contributed by atoms with Crippen LogP contribution < -0.4 is 4.74 Å². The first-order chi connectivity index (χ1) is 12.2. The van der Waals surface area contributed by atoms with Crippen LogP contribution in [0.3, 0.4) is 0 Å². The first kappa shape index (κ1) is 16.8. The lowest BCUT2D eigenvalue weighted by atomic mass is 10.2. The van der Waals surface area contributed by atoms with Crippen LogP contribution in [-0.4, -0.2) is 17.4 Å². The fourth-order valence-electron chi connectivity index (χ4n) is 2.39. The Morgan fingerprint density at radius 2 is 1.72 bits per heavy atom. The standard InChI is InChI=1S/C20H18FNO3/c21-17-10-8-16(9-11-17)13-22(14-19-7-4-12-24-19)20(23)15-25-18-5-2-1-3-6-18/h1-12H,13-15H2. The summed E-state index contributed by atoms with van der Waals surface area (Å²) >= 11 is 0. The number of carbonyl (C=O) groups is 1. The molecular weight excluding hydrogens is 321 g/mol. The summed E-state index contributed by atoms with van der Waals surface area (Å²) in [5, 5.41) is 0. The van der Waals surface area contributed by atoms with Crippen molar-refractivity contribution in [2.75, 3.05) is 6.61 Å². The fraction of sp³-hybridized carbons (Fsp3) is 0.150. The van der Waals surface area contributed by atoms with Gasteiger partial charge in [0.15, 0.2) is 6.61 Å². The van der Waals surface area contributed by atoms with E-state index in [1.807, 2.05) is 24.3 Å². The molecular formula is C20H18FNO3. The molecule has 0 unspecified atom stereocenters. The van der Waals surface area contributed by atoms with Crippen molar-refractivity contribution in [3.8, 4) is 5.75 Å². The minimum Gasteiger partial charge on any atom is -0.484 e. The Morgan fingerprint density at radius 1 is 0.960 bits per heavy atom. The number of hydrogen-bond donors (Lipinski definition) is 0. The van der Waals surface area contributed by atoms with E-state index < -0.39 is 0 Å². The van der Waals surface area contributed by atoms with E-state index in [2.05, 4.69) is 0 Å². The summed E-state index contributed by atoms with van der Waals surface area (Å²) in [6, 6.07) is 18.8. The Balaban J connectivity index is 1.68. The van der Waals surface area contributed by atoms with E-state index in [0.29, 0.717) is 24.6 Å². The second-order valence-electron chi connectivity index (χ2n) is 5.56. The van der Waals surface area contributed by atoms with Gasteiger partial charge in [0, 0.05) is 6.54 Å². The molecule has 4 nitrogen and oxygen atoms in total. The topological polar surface area (TPSA) is 42.7 Å². The van der Waals surface area contributed by atoms with E-state index in [1.54, 1.807) is 41.5 Å². The first-order valence-electron chi connectivity index (χ1n) is 7.93. The highest BCUT2D eigenvalue weighted by molar-refractivity contribution is 5.77. The van der Waals surface area contributed by atoms with Crippen LogP contribution >= 0.6 is 0 Å². The maximum Gasteiger partial charge on any atom is 0.261 e. The van der Waals surface area contributed by atoms with Crippen LogP contribution in [0.2, 0.25) is 0 Å². The summed E-state index contributed by atoms with van der Waals surface area (Å²) < 4.78 is 24.0. The molecule has 25 heavy (non-hydrogen) atoms. The number of rotatable bonds is 7. The molecule has 1 heterocycles. The van der Waals surface area contributed by atoms with E-state index >= 15 is 0 Å². The summed E-state index contributed by atoms with van der Waals surface area (Å²) in [5.41, 5.74) is 0.834. The van der Waals surface area contributed by atoms with Gasteiger partial charge in [-0.05, 0) is 42.0 Å². The summed E-state index contributed by atoms with van der Waals surface area (Å²) in [6.07, 6.45) is 1.57. The fourth-order valence-corrected chi connectivity index (χ4v) is 2.39. The molecule has 128 valence electrons. The zero-order valence-electron chi connectivity index (χ0n) is 13.6. The van der Waals surface area contributed by atoms with Crippen molar-refractivity contribution in [1.82, 2.24) is 4.90 Å². The molecule has 2 aromatic carbocycles. The predicted octanol–water partition coefficient (Wildman–Crippen LogP) is 4.03. The molecule has 1 amide bonds. The maximum atomic E-state index is 13.1. The van der Waals surface area contributed by atoms with Crippen molar-refractivity contribution >= 4 is 5.91 Å². The molecule has 5 heteroatoms. The molecule has 1 aromatic heterocycles. The van der Waals surface area contributed by atoms with Gasteiger partial charge < -0.3 is 14.1 Å². The summed E-state index contributed by atoms with van der Waals surface area (Å²) in [5.74, 6) is 0.829. The Labute approximate surface area is 145 Å². The van der Waals surface area contributed by atoms with Crippen molar-refractivity contribution in [2.24, 2.45) is 0 Å². The third-order valence-corrected chi connectivity index (χ3v) is 3.67. The maximum absolute atomic E-state index is 13.1. The van der Waals surface area contributed by atoms with Crippen LogP contribution in [0.15, 0.2) is 77.4 Å². The van der Waals surface area contributed by atoms with Gasteiger partial charge in [-0.3, -0.25) is 4.79 Å². The third-order valence-electron chi connectivity index (χ3n) is 3.67. The van der Waals surface area contributed by atoms with Crippen LogP contribution in [0, 0.1) is 5.82 Å². The van der Waals surface area contributed by atoms with E-state index in [1.165, 1.54) is 12.1 Å². The molecule has 0 bridgehead atoms. The second kappa shape index (κ2) is 8.15. The van der Waals surface area contributed by atoms with E-state index in [9.17, 15) is 9.18 Å². The van der Waals surface area contributed by atoms with Crippen molar-refractivity contribution in [2.45, 2.75) is 13.1 Å². The average molecular weight is 339 g/mol. The minimum atomic E-state index is -0.305. The lowest BCUT2D eigenvalue weighted by Crippen LogP contribution is -2.34. The number of amides is 1. The van der Waals surface area contributed by atoms with Crippen LogP contribution in [0.5, 0.6) is 5.75 Å². The zero-order chi connectivity index (χ0) is 17.5. The Kier molecular flexibility index (Phi) is 5.46. The number of furan rings is 1. The lowest BCUT2D eigenvalue weighted by Gasteiger charge is -2.22. The molecule has 0 spiro atoms. The molecule has 0 aliphatic heterocycles. The van der Waals surface area contributed by atoms with E-state index in [-0.39, 0.29) is 18.3 Å². The molecule has 3 rings (SSSR count). The normalized spacial score (nSPS) is 10.4. The van der Waals surface area contributed by atoms with Crippen molar-refractivity contribution in [1.29, 1.82) is 0 Å². The highest BCUT2D eigenvalue weighted by atomic mass is 19.1. The Bertz CT molecular complexity index is 786. The number of halogens is 1. The van der Waals surface area contributed by atoms with E-state index in [0.717, 1.165) is 5.56 Å². The summed E-state index contributed by atoms with van der Waals surface area (Å²) in [4.78, 5) is 14.2. The summed E-state index contributed by atoms with van der Waals surface area (Å²) in [7, 11) is 0. The Morgan fingerprint density at radius 3 is 2.40 bits per heavy atom. The van der Waals surface area contributed by atoms with Gasteiger partial charge in [0.25, 0.3) is 5.91 Å². The van der Waals surface area contributed by atoms with Gasteiger partial charge in [-0.25, -0.2) is 4.39 Å². The van der Waals surface area contributed by atoms with Gasteiger partial charge in [0.05, 0.1) is 12.8 Å². The highest BCUT2D eigenvalue weighted by Gasteiger charge is 2.17. The van der Waals surface area contributed by atoms with Gasteiger partial charge in [0.1, 0.15) is 17.3 Å². The molecule has 0 atom stereocenters. The van der Waals surface area contributed by atoms with E-state index in [4.69, 9.17) is 9.15 Å². The number of benzene rings is 2. The Hall–Kier alpha value is -3.08. The number of para-hydroxylation sites is 1. The number of hydrogen-bond acceptors (Lipinski definition) is 3. The average Bonchev–Trinajstić information content (AvgIpc) is 3.15. The zero-order valence-corrected chi connectivity index (χ0v) is 13.6. The largest absolute Gasteiger partial charge is 0.484 e. The van der Waals surface area contributed by atoms with Gasteiger partial charge in [-0.15, -0.1) is 0 Å². The minimum absolute atomic E-state index is 0.0775. The highest BCUT2D eigenvalue weighted by Crippen LogP contribution is 2.13. The number of carbonyl (C=O) groups excluding carboxylic acids is 1. The van der Waals surface area contributed by atoms with Crippen LogP contribution in [0.1, 0.15) is 11.3 Å². The van der Waals surface area contributed by atoms with Crippen LogP contribution in [0.4, 0.5) is 4.39 Å². The van der Waals surface area contributed by atoms with Crippen LogP contribution in [-0.2, 0) is 17.9 Å². The smallest absolute Gasteiger partial charge is 0.261 e. The third kappa shape index (κ3) is 4.94. The first-order valence-corrected chi connectivity index (χ1v) is 7.93. The van der Waals surface area contributed by atoms with Gasteiger partial charge in [-0.2, -0.15) is 0 Å². The van der Waals surface area contributed by atoms with Crippen LogP contribution in [0.25, 0.3) is 0 Å². The monoisotopic (exact) mass is 339 g/mol. The molecule has 0 aliphatic rings. The van der Waals surface area contributed by atoms with Crippen molar-refractivity contribution < 1.29 is 18.3 Å². The molecule has 0 fully saturated rings. The quantitative estimate of drug-likeness (QED) is 0.653. The van der Waals surface area contributed by atoms with Gasteiger partial charge in [-0.1, -0.05) is 30.3 Å². The number of nitrogens with zero attached hydrogens (tertiary/aromatic N) is 1. The molecule has 3 aromatic rings. The molecule has 0 aliphatic carbocycles. The summed E-state index contributed by atoms with van der Waals surface area (Å²) in [6.45, 7) is 0.589. The van der Waals surface area contributed by atoms with Crippen molar-refractivity contribution in [3.63, 3.8) is 0 Å². The lowest BCUT2D eigenvalue weighted by molar-refractivity contribution is -0.134. The SMILES string of the molecule is O=C(COc1ccccc1)N(Cc1ccc(F)cc1)Cc1ccco1. The van der Waals surface area contributed by atoms with Gasteiger partial charge in [0.2, 0.25) is 0 Å². The van der Waals surface area contributed by atoms with Gasteiger partial charge >= 0.3 is 0 Å². The molecule has 0 saturated heterocycles. The predicted molar refractivity (Wildman–Crippen MR) is 91.3 cm³/mol.